The number of amides is 1. The van der Waals surface area contributed by atoms with Crippen LogP contribution in [-0.2, 0) is 6.54 Å². The Labute approximate surface area is 189 Å². The molecule has 1 fully saturated rings. The van der Waals surface area contributed by atoms with Gasteiger partial charge in [-0.25, -0.2) is 9.37 Å². The first kappa shape index (κ1) is 20.4. The lowest BCUT2D eigenvalue weighted by atomic mass is 10.1. The van der Waals surface area contributed by atoms with Gasteiger partial charge < -0.3 is 9.47 Å². The van der Waals surface area contributed by atoms with Crippen LogP contribution in [-0.4, -0.2) is 27.0 Å². The summed E-state index contributed by atoms with van der Waals surface area (Å²) in [4.78, 5) is 23.8. The van der Waals surface area contributed by atoms with Crippen LogP contribution in [0.2, 0.25) is 0 Å². The van der Waals surface area contributed by atoms with Gasteiger partial charge in [0.25, 0.3) is 5.91 Å². The zero-order chi connectivity index (χ0) is 21.9. The molecule has 1 aliphatic rings. The Morgan fingerprint density at radius 1 is 1.19 bits per heavy atom. The van der Waals surface area contributed by atoms with Crippen LogP contribution in [0.4, 0.5) is 15.2 Å². The van der Waals surface area contributed by atoms with E-state index in [0.29, 0.717) is 16.4 Å². The molecule has 1 N–H and O–H groups in total. The van der Waals surface area contributed by atoms with E-state index in [1.807, 2.05) is 23.6 Å². The lowest BCUT2D eigenvalue weighted by molar-refractivity contribution is 0.101. The predicted molar refractivity (Wildman–Crippen MR) is 124 cm³/mol. The number of hydrogen-bond acceptors (Lipinski definition) is 5. The van der Waals surface area contributed by atoms with Gasteiger partial charge in [-0.05, 0) is 43.2 Å². The molecule has 0 saturated carbocycles. The maximum atomic E-state index is 14.0. The number of benzene rings is 1. The lowest BCUT2D eigenvalue weighted by Crippen LogP contribution is -2.22. The van der Waals surface area contributed by atoms with Crippen LogP contribution in [0.15, 0.2) is 72.5 Å². The quantitative estimate of drug-likeness (QED) is 0.446. The van der Waals surface area contributed by atoms with Gasteiger partial charge in [-0.1, -0.05) is 18.2 Å². The van der Waals surface area contributed by atoms with Crippen molar-refractivity contribution in [3.63, 3.8) is 0 Å². The molecule has 8 heteroatoms. The van der Waals surface area contributed by atoms with E-state index in [-0.39, 0.29) is 18.5 Å². The van der Waals surface area contributed by atoms with Gasteiger partial charge in [0.05, 0.1) is 24.5 Å². The van der Waals surface area contributed by atoms with Gasteiger partial charge in [0.2, 0.25) is 0 Å². The van der Waals surface area contributed by atoms with Crippen LogP contribution in [0.3, 0.4) is 0 Å². The minimum absolute atomic E-state index is 0.206. The molecule has 4 aromatic rings. The molecule has 6 nitrogen and oxygen atoms in total. The number of anilines is 2. The summed E-state index contributed by atoms with van der Waals surface area (Å²) in [5.74, 6) is -0.659. The molecule has 1 amide bonds. The summed E-state index contributed by atoms with van der Waals surface area (Å²) in [5.41, 5.74) is 3.09. The van der Waals surface area contributed by atoms with E-state index in [2.05, 4.69) is 27.3 Å². The molecular weight excluding hydrogens is 425 g/mol. The molecule has 3 aromatic heterocycles. The Balaban J connectivity index is 1.30. The first-order valence-corrected chi connectivity index (χ1v) is 11.4. The lowest BCUT2D eigenvalue weighted by Gasteiger charge is -2.25. The third-order valence-electron chi connectivity index (χ3n) is 5.68. The largest absolute Gasteiger partial charge is 0.363 e. The normalized spacial score (nSPS) is 15.8. The number of rotatable bonds is 6. The SMILES string of the molecule is O=C(Nc1nc([C@H]2CCCN2c2ccccc2)cs1)c1cccn1Cc1ccncc1F. The highest BCUT2D eigenvalue weighted by Gasteiger charge is 2.28. The summed E-state index contributed by atoms with van der Waals surface area (Å²) in [6.07, 6.45) is 6.63. The third kappa shape index (κ3) is 4.13. The predicted octanol–water partition coefficient (Wildman–Crippen LogP) is 5.12. The van der Waals surface area contributed by atoms with E-state index in [0.717, 1.165) is 25.1 Å². The highest BCUT2D eigenvalue weighted by atomic mass is 32.1. The molecule has 4 heterocycles. The second-order valence-corrected chi connectivity index (χ2v) is 8.57. The van der Waals surface area contributed by atoms with Crippen LogP contribution in [0.5, 0.6) is 0 Å². The van der Waals surface area contributed by atoms with E-state index in [4.69, 9.17) is 4.98 Å². The number of carbonyl (C=O) groups is 1. The summed E-state index contributed by atoms with van der Waals surface area (Å²) in [6, 6.07) is 15.7. The molecule has 1 aromatic carbocycles. The Hall–Kier alpha value is -3.52. The molecule has 162 valence electrons. The Kier molecular flexibility index (Phi) is 5.68. The zero-order valence-corrected chi connectivity index (χ0v) is 18.1. The molecule has 32 heavy (non-hydrogen) atoms. The van der Waals surface area contributed by atoms with Crippen LogP contribution >= 0.6 is 11.3 Å². The highest BCUT2D eigenvalue weighted by Crippen LogP contribution is 2.37. The molecule has 1 aliphatic heterocycles. The molecule has 0 unspecified atom stereocenters. The smallest absolute Gasteiger partial charge is 0.274 e. The number of hydrogen-bond donors (Lipinski definition) is 1. The Morgan fingerprint density at radius 3 is 2.91 bits per heavy atom. The first-order chi connectivity index (χ1) is 15.7. The fourth-order valence-electron chi connectivity index (χ4n) is 4.13. The molecule has 1 atom stereocenters. The topological polar surface area (TPSA) is 63.1 Å². The van der Waals surface area contributed by atoms with Crippen molar-refractivity contribution in [2.45, 2.75) is 25.4 Å². The van der Waals surface area contributed by atoms with E-state index in [1.165, 1.54) is 23.2 Å². The molecule has 0 aliphatic carbocycles. The van der Waals surface area contributed by atoms with Crippen LogP contribution in [0, 0.1) is 5.82 Å². The van der Waals surface area contributed by atoms with Crippen molar-refractivity contribution in [3.05, 3.63) is 95.3 Å². The average Bonchev–Trinajstić information content (AvgIpc) is 3.56. The summed E-state index contributed by atoms with van der Waals surface area (Å²) >= 11 is 1.42. The van der Waals surface area contributed by atoms with Crippen LogP contribution in [0.25, 0.3) is 0 Å². The van der Waals surface area contributed by atoms with Crippen molar-refractivity contribution in [3.8, 4) is 0 Å². The number of nitrogens with zero attached hydrogens (tertiary/aromatic N) is 4. The van der Waals surface area contributed by atoms with Crippen molar-refractivity contribution >= 4 is 28.1 Å². The number of para-hydroxylation sites is 1. The van der Waals surface area contributed by atoms with Gasteiger partial charge in [-0.3, -0.25) is 15.1 Å². The third-order valence-corrected chi connectivity index (χ3v) is 6.46. The number of thiazole rings is 1. The van der Waals surface area contributed by atoms with Crippen LogP contribution < -0.4 is 10.2 Å². The minimum Gasteiger partial charge on any atom is -0.363 e. The fraction of sp³-hybridized carbons (Fsp3) is 0.208. The number of nitrogens with one attached hydrogen (secondary N) is 1. The second kappa shape index (κ2) is 8.92. The van der Waals surface area contributed by atoms with E-state index < -0.39 is 5.82 Å². The van der Waals surface area contributed by atoms with Gasteiger partial charge in [-0.2, -0.15) is 0 Å². The number of halogens is 1. The zero-order valence-electron chi connectivity index (χ0n) is 17.3. The molecule has 0 spiro atoms. The number of aromatic nitrogens is 3. The molecule has 5 rings (SSSR count). The standard InChI is InChI=1S/C24H22FN5OS/c25-19-14-26-11-10-17(19)15-29-12-4-9-22(29)23(31)28-24-27-20(16-32-24)21-8-5-13-30(21)18-6-2-1-3-7-18/h1-4,6-7,9-12,14,16,21H,5,8,13,15H2,(H,27,28,31)/t21-/m1/s1. The highest BCUT2D eigenvalue weighted by molar-refractivity contribution is 7.14. The number of carbonyl (C=O) groups excluding carboxylic acids is 1. The van der Waals surface area contributed by atoms with Crippen molar-refractivity contribution in [2.75, 3.05) is 16.8 Å². The van der Waals surface area contributed by atoms with E-state index in [9.17, 15) is 9.18 Å². The maximum absolute atomic E-state index is 14.0. The van der Waals surface area contributed by atoms with Gasteiger partial charge in [-0.15, -0.1) is 11.3 Å². The number of pyridine rings is 1. The first-order valence-electron chi connectivity index (χ1n) is 10.5. The van der Waals surface area contributed by atoms with Gasteiger partial charge in [0.15, 0.2) is 5.13 Å². The molecule has 0 bridgehead atoms. The fourth-order valence-corrected chi connectivity index (χ4v) is 4.89. The summed E-state index contributed by atoms with van der Waals surface area (Å²) in [5, 5.41) is 5.49. The average molecular weight is 448 g/mol. The van der Waals surface area contributed by atoms with Crippen molar-refractivity contribution in [1.29, 1.82) is 0 Å². The molecular formula is C24H22FN5OS. The van der Waals surface area contributed by atoms with E-state index in [1.54, 1.807) is 35.2 Å². The summed E-state index contributed by atoms with van der Waals surface area (Å²) in [6.45, 7) is 1.24. The maximum Gasteiger partial charge on any atom is 0.274 e. The van der Waals surface area contributed by atoms with E-state index >= 15 is 0 Å². The van der Waals surface area contributed by atoms with Gasteiger partial charge >= 0.3 is 0 Å². The summed E-state index contributed by atoms with van der Waals surface area (Å²) in [7, 11) is 0. The minimum atomic E-state index is -0.392. The monoisotopic (exact) mass is 447 g/mol. The Morgan fingerprint density at radius 2 is 2.06 bits per heavy atom. The summed E-state index contributed by atoms with van der Waals surface area (Å²) < 4.78 is 15.7. The molecule has 0 radical (unpaired) electrons. The van der Waals surface area contributed by atoms with Gasteiger partial charge in [0.1, 0.15) is 11.5 Å². The Bertz CT molecular complexity index is 1220. The molecule has 1 saturated heterocycles. The van der Waals surface area contributed by atoms with Gasteiger partial charge in [0, 0.05) is 35.6 Å². The van der Waals surface area contributed by atoms with Crippen molar-refractivity contribution < 1.29 is 9.18 Å². The van der Waals surface area contributed by atoms with Crippen LogP contribution in [0.1, 0.15) is 40.6 Å². The second-order valence-electron chi connectivity index (χ2n) is 7.71. The van der Waals surface area contributed by atoms with Crippen molar-refractivity contribution in [2.24, 2.45) is 0 Å². The van der Waals surface area contributed by atoms with Crippen molar-refractivity contribution in [1.82, 2.24) is 14.5 Å².